The molecule has 21 heavy (non-hydrogen) atoms. The van der Waals surface area contributed by atoms with Crippen LogP contribution in [0.2, 0.25) is 0 Å². The fraction of sp³-hybridized carbons (Fsp3) is 0.500. The third-order valence-electron chi connectivity index (χ3n) is 3.23. The first-order valence-electron chi connectivity index (χ1n) is 7.18. The number of hydrogen-bond donors (Lipinski definition) is 2. The molecule has 0 spiro atoms. The Hall–Kier alpha value is -2.04. The topological polar surface area (TPSA) is 69.6 Å². The predicted octanol–water partition coefficient (Wildman–Crippen LogP) is 2.37. The standard InChI is InChI=1S/C16H24N2O3/c1-12(2)11-14(15(19)20)17-16(21)18(3)10-9-13-7-5-4-6-8-13/h4-8,12,14H,9-11H2,1-3H3,(H,17,21)(H,19,20)/t14-/m0/s1. The number of hydrogen-bond acceptors (Lipinski definition) is 2. The Bertz CT molecular complexity index is 460. The summed E-state index contributed by atoms with van der Waals surface area (Å²) < 4.78 is 0. The zero-order chi connectivity index (χ0) is 15.8. The molecule has 0 radical (unpaired) electrons. The summed E-state index contributed by atoms with van der Waals surface area (Å²) in [7, 11) is 1.67. The molecule has 2 N–H and O–H groups in total. The molecular weight excluding hydrogens is 268 g/mol. The van der Waals surface area contributed by atoms with Gasteiger partial charge in [-0.1, -0.05) is 44.2 Å². The SMILES string of the molecule is CC(C)C[C@H](NC(=O)N(C)CCc1ccccc1)C(=O)O. The lowest BCUT2D eigenvalue weighted by Gasteiger charge is -2.22. The number of rotatable bonds is 7. The second-order valence-electron chi connectivity index (χ2n) is 5.63. The average Bonchev–Trinajstić information content (AvgIpc) is 2.44. The Labute approximate surface area is 126 Å². The van der Waals surface area contributed by atoms with Crippen LogP contribution in [0.25, 0.3) is 0 Å². The van der Waals surface area contributed by atoms with Crippen LogP contribution in [0.15, 0.2) is 30.3 Å². The molecule has 0 saturated heterocycles. The molecule has 0 aromatic heterocycles. The van der Waals surface area contributed by atoms with Crippen LogP contribution in [-0.4, -0.2) is 41.6 Å². The number of benzene rings is 1. The van der Waals surface area contributed by atoms with Crippen LogP contribution in [0.1, 0.15) is 25.8 Å². The number of nitrogens with zero attached hydrogens (tertiary/aromatic N) is 1. The van der Waals surface area contributed by atoms with E-state index in [2.05, 4.69) is 5.32 Å². The maximum Gasteiger partial charge on any atom is 0.326 e. The third-order valence-corrected chi connectivity index (χ3v) is 3.23. The smallest absolute Gasteiger partial charge is 0.326 e. The summed E-state index contributed by atoms with van der Waals surface area (Å²) in [4.78, 5) is 24.7. The highest BCUT2D eigenvalue weighted by Crippen LogP contribution is 2.06. The first kappa shape index (κ1) is 17.0. The van der Waals surface area contributed by atoms with Gasteiger partial charge in [0.1, 0.15) is 6.04 Å². The summed E-state index contributed by atoms with van der Waals surface area (Å²) in [6.45, 7) is 4.41. The van der Waals surface area contributed by atoms with E-state index in [0.717, 1.165) is 12.0 Å². The largest absolute Gasteiger partial charge is 0.480 e. The fourth-order valence-corrected chi connectivity index (χ4v) is 2.00. The summed E-state index contributed by atoms with van der Waals surface area (Å²) >= 11 is 0. The van der Waals surface area contributed by atoms with Crippen LogP contribution < -0.4 is 5.32 Å². The van der Waals surface area contributed by atoms with Gasteiger partial charge in [-0.3, -0.25) is 0 Å². The molecule has 0 bridgehead atoms. The molecule has 1 rings (SSSR count). The van der Waals surface area contributed by atoms with E-state index >= 15 is 0 Å². The van der Waals surface area contributed by atoms with Crippen LogP contribution in [0, 0.1) is 5.92 Å². The predicted molar refractivity (Wildman–Crippen MR) is 82.2 cm³/mol. The van der Waals surface area contributed by atoms with Gasteiger partial charge in [-0.2, -0.15) is 0 Å². The normalized spacial score (nSPS) is 12.0. The van der Waals surface area contributed by atoms with Crippen molar-refractivity contribution in [2.45, 2.75) is 32.7 Å². The van der Waals surface area contributed by atoms with Crippen molar-refractivity contribution < 1.29 is 14.7 Å². The molecule has 116 valence electrons. The zero-order valence-corrected chi connectivity index (χ0v) is 12.9. The highest BCUT2D eigenvalue weighted by atomic mass is 16.4. The molecule has 0 aliphatic heterocycles. The summed E-state index contributed by atoms with van der Waals surface area (Å²) in [5.41, 5.74) is 1.15. The van der Waals surface area contributed by atoms with E-state index in [4.69, 9.17) is 5.11 Å². The molecule has 0 unspecified atom stereocenters. The van der Waals surface area contributed by atoms with Gasteiger partial charge in [-0.15, -0.1) is 0 Å². The number of aliphatic carboxylic acids is 1. The van der Waals surface area contributed by atoms with Crippen molar-refractivity contribution in [3.8, 4) is 0 Å². The van der Waals surface area contributed by atoms with E-state index in [1.807, 2.05) is 44.2 Å². The quantitative estimate of drug-likeness (QED) is 0.810. The van der Waals surface area contributed by atoms with Crippen molar-refractivity contribution in [1.82, 2.24) is 10.2 Å². The number of carboxylic acids is 1. The third kappa shape index (κ3) is 6.29. The monoisotopic (exact) mass is 292 g/mol. The van der Waals surface area contributed by atoms with Gasteiger partial charge in [0.2, 0.25) is 0 Å². The Morgan fingerprint density at radius 1 is 1.24 bits per heavy atom. The second-order valence-corrected chi connectivity index (χ2v) is 5.63. The fourth-order valence-electron chi connectivity index (χ4n) is 2.00. The molecule has 1 aromatic rings. The van der Waals surface area contributed by atoms with Crippen molar-refractivity contribution in [1.29, 1.82) is 0 Å². The van der Waals surface area contributed by atoms with Crippen LogP contribution in [0.3, 0.4) is 0 Å². The number of carboxylic acid groups (broad SMARTS) is 1. The molecule has 0 fully saturated rings. The lowest BCUT2D eigenvalue weighted by molar-refractivity contribution is -0.139. The minimum atomic E-state index is -0.992. The van der Waals surface area contributed by atoms with E-state index in [-0.39, 0.29) is 11.9 Å². The zero-order valence-electron chi connectivity index (χ0n) is 12.9. The number of carbonyl (C=O) groups is 2. The number of nitrogens with one attached hydrogen (secondary N) is 1. The van der Waals surface area contributed by atoms with Crippen molar-refractivity contribution in [2.75, 3.05) is 13.6 Å². The number of urea groups is 1. The Morgan fingerprint density at radius 3 is 2.38 bits per heavy atom. The molecule has 0 heterocycles. The summed E-state index contributed by atoms with van der Waals surface area (Å²) in [6.07, 6.45) is 1.17. The van der Waals surface area contributed by atoms with Crippen LogP contribution in [0.4, 0.5) is 4.79 Å². The Balaban J connectivity index is 2.47. The Morgan fingerprint density at radius 2 is 1.86 bits per heavy atom. The van der Waals surface area contributed by atoms with E-state index in [9.17, 15) is 9.59 Å². The first-order valence-corrected chi connectivity index (χ1v) is 7.18. The van der Waals surface area contributed by atoms with Crippen molar-refractivity contribution in [3.05, 3.63) is 35.9 Å². The number of amides is 2. The lowest BCUT2D eigenvalue weighted by atomic mass is 10.0. The maximum atomic E-state index is 12.0. The molecule has 2 amide bonds. The number of likely N-dealkylation sites (N-methyl/N-ethyl adjacent to an activating group) is 1. The molecule has 1 atom stereocenters. The van der Waals surface area contributed by atoms with Gasteiger partial charge >= 0.3 is 12.0 Å². The van der Waals surface area contributed by atoms with E-state index in [1.165, 1.54) is 4.90 Å². The van der Waals surface area contributed by atoms with Gasteiger partial charge in [0.15, 0.2) is 0 Å². The average molecular weight is 292 g/mol. The van der Waals surface area contributed by atoms with Crippen LogP contribution >= 0.6 is 0 Å². The van der Waals surface area contributed by atoms with Gasteiger partial charge in [0.25, 0.3) is 0 Å². The van der Waals surface area contributed by atoms with Gasteiger partial charge in [-0.05, 0) is 24.3 Å². The van der Waals surface area contributed by atoms with Crippen LogP contribution in [0.5, 0.6) is 0 Å². The minimum absolute atomic E-state index is 0.209. The van der Waals surface area contributed by atoms with E-state index in [1.54, 1.807) is 7.05 Å². The summed E-state index contributed by atoms with van der Waals surface area (Å²) in [6, 6.07) is 8.69. The minimum Gasteiger partial charge on any atom is -0.480 e. The van der Waals surface area contributed by atoms with Gasteiger partial charge in [-0.25, -0.2) is 9.59 Å². The van der Waals surface area contributed by atoms with Gasteiger partial charge in [0, 0.05) is 13.6 Å². The highest BCUT2D eigenvalue weighted by molar-refractivity contribution is 5.82. The Kier molecular flexibility index (Phi) is 6.72. The van der Waals surface area contributed by atoms with Crippen molar-refractivity contribution in [3.63, 3.8) is 0 Å². The first-order chi connectivity index (χ1) is 9.90. The molecule has 5 heteroatoms. The molecule has 5 nitrogen and oxygen atoms in total. The maximum absolute atomic E-state index is 12.0. The van der Waals surface area contributed by atoms with Crippen molar-refractivity contribution >= 4 is 12.0 Å². The molecule has 0 aliphatic rings. The summed E-state index contributed by atoms with van der Waals surface area (Å²) in [5.74, 6) is -0.783. The molecule has 0 aliphatic carbocycles. The van der Waals surface area contributed by atoms with Gasteiger partial charge < -0.3 is 15.3 Å². The molecular formula is C16H24N2O3. The molecule has 1 aromatic carbocycles. The van der Waals surface area contributed by atoms with Crippen molar-refractivity contribution in [2.24, 2.45) is 5.92 Å². The van der Waals surface area contributed by atoms with E-state index in [0.29, 0.717) is 13.0 Å². The summed E-state index contributed by atoms with van der Waals surface area (Å²) in [5, 5.41) is 11.7. The second kappa shape index (κ2) is 8.29. The van der Waals surface area contributed by atoms with Gasteiger partial charge in [0.05, 0.1) is 0 Å². The molecule has 0 saturated carbocycles. The van der Waals surface area contributed by atoms with Crippen LogP contribution in [-0.2, 0) is 11.2 Å². The lowest BCUT2D eigenvalue weighted by Crippen LogP contribution is -2.47. The highest BCUT2D eigenvalue weighted by Gasteiger charge is 2.22. The number of carbonyl (C=O) groups excluding carboxylic acids is 1. The van der Waals surface area contributed by atoms with E-state index < -0.39 is 12.0 Å².